The summed E-state index contributed by atoms with van der Waals surface area (Å²) in [5, 5.41) is 9.44. The van der Waals surface area contributed by atoms with Crippen LogP contribution in [0.4, 0.5) is 4.39 Å². The maximum absolute atomic E-state index is 14.9. The third-order valence-corrected chi connectivity index (χ3v) is 4.12. The largest absolute Gasteiger partial charge is 0.453 e. The molecule has 0 spiro atoms. The molecular weight excluding hydrogens is 347 g/mol. The number of ether oxygens (including phenoxy) is 2. The minimum Gasteiger partial charge on any atom is -0.453 e. The van der Waals surface area contributed by atoms with Crippen molar-refractivity contribution in [1.29, 1.82) is 0 Å². The lowest BCUT2D eigenvalue weighted by atomic mass is 10.1. The van der Waals surface area contributed by atoms with Gasteiger partial charge in [0.2, 0.25) is 0 Å². The molecule has 26 heavy (non-hydrogen) atoms. The molecule has 3 rings (SSSR count). The monoisotopic (exact) mass is 364 g/mol. The Labute approximate surface area is 146 Å². The number of rotatable bonds is 4. The lowest BCUT2D eigenvalue weighted by Gasteiger charge is -2.18. The number of aromatic amines is 1. The number of aliphatic hydroxyl groups excluding tert-OH is 1. The molecule has 9 heteroatoms. The molecule has 0 aliphatic carbocycles. The van der Waals surface area contributed by atoms with E-state index in [-0.39, 0.29) is 11.1 Å². The number of esters is 1. The van der Waals surface area contributed by atoms with Crippen molar-refractivity contribution < 1.29 is 23.8 Å². The quantitative estimate of drug-likeness (QED) is 0.755. The average molecular weight is 364 g/mol. The molecule has 0 unspecified atom stereocenters. The zero-order valence-corrected chi connectivity index (χ0v) is 13.8. The number of aryl methyl sites for hydroxylation is 1. The fourth-order valence-electron chi connectivity index (χ4n) is 2.75. The number of alkyl halides is 1. The van der Waals surface area contributed by atoms with Crippen LogP contribution in [0.1, 0.15) is 22.1 Å². The van der Waals surface area contributed by atoms with Crippen LogP contribution in [0.5, 0.6) is 0 Å². The van der Waals surface area contributed by atoms with Gasteiger partial charge in [-0.1, -0.05) is 18.2 Å². The third kappa shape index (κ3) is 3.31. The number of benzene rings is 1. The standard InChI is InChI=1S/C17H17FN2O6/c1-9-7-20(17(24)19-14(9)22)15-12(18)13(11(8-21)25-15)26-16(23)10-5-3-2-4-6-10/h2-7,11-13,15,21H,8H2,1H3,(H,19,22,24)/t11-,12+,13-,15+/m1/s1. The fraction of sp³-hybridized carbons (Fsp3) is 0.353. The van der Waals surface area contributed by atoms with Crippen molar-refractivity contribution in [1.82, 2.24) is 9.55 Å². The molecule has 138 valence electrons. The fourth-order valence-corrected chi connectivity index (χ4v) is 2.75. The number of aliphatic hydroxyl groups is 1. The van der Waals surface area contributed by atoms with Gasteiger partial charge in [-0.3, -0.25) is 14.3 Å². The Morgan fingerprint density at radius 3 is 2.69 bits per heavy atom. The summed E-state index contributed by atoms with van der Waals surface area (Å²) >= 11 is 0. The first kappa shape index (κ1) is 18.0. The molecule has 2 N–H and O–H groups in total. The van der Waals surface area contributed by atoms with Crippen molar-refractivity contribution in [2.24, 2.45) is 0 Å². The van der Waals surface area contributed by atoms with Crippen molar-refractivity contribution in [3.8, 4) is 0 Å². The lowest BCUT2D eigenvalue weighted by Crippen LogP contribution is -2.38. The van der Waals surface area contributed by atoms with Crippen LogP contribution in [0, 0.1) is 6.92 Å². The summed E-state index contributed by atoms with van der Waals surface area (Å²) in [5.74, 6) is -0.772. The minimum absolute atomic E-state index is 0.186. The highest BCUT2D eigenvalue weighted by Gasteiger charge is 2.48. The Balaban J connectivity index is 1.87. The zero-order valence-electron chi connectivity index (χ0n) is 13.8. The van der Waals surface area contributed by atoms with Crippen molar-refractivity contribution in [3.05, 3.63) is 68.5 Å². The first-order valence-electron chi connectivity index (χ1n) is 7.91. The molecule has 2 heterocycles. The summed E-state index contributed by atoms with van der Waals surface area (Å²) in [4.78, 5) is 37.7. The van der Waals surface area contributed by atoms with Gasteiger partial charge in [-0.05, 0) is 19.1 Å². The molecule has 0 radical (unpaired) electrons. The molecule has 2 aromatic rings. The van der Waals surface area contributed by atoms with Crippen LogP contribution >= 0.6 is 0 Å². The highest BCUT2D eigenvalue weighted by atomic mass is 19.1. The Morgan fingerprint density at radius 2 is 2.04 bits per heavy atom. The van der Waals surface area contributed by atoms with E-state index in [0.29, 0.717) is 0 Å². The van der Waals surface area contributed by atoms with Crippen LogP contribution in [0.25, 0.3) is 0 Å². The topological polar surface area (TPSA) is 111 Å². The van der Waals surface area contributed by atoms with E-state index < -0.39 is 48.4 Å². The number of halogens is 1. The number of carbonyl (C=O) groups is 1. The smallest absolute Gasteiger partial charge is 0.338 e. The van der Waals surface area contributed by atoms with Crippen molar-refractivity contribution in [3.63, 3.8) is 0 Å². The molecule has 1 aliphatic rings. The molecule has 0 bridgehead atoms. The van der Waals surface area contributed by atoms with Gasteiger partial charge in [0, 0.05) is 11.8 Å². The highest BCUT2D eigenvalue weighted by Crippen LogP contribution is 2.33. The second kappa shape index (κ2) is 7.22. The number of aromatic nitrogens is 2. The minimum atomic E-state index is -1.91. The SMILES string of the molecule is Cc1cn([C@H]2O[C@H](CO)[C@@H](OC(=O)c3ccccc3)[C@@H]2F)c(=O)[nH]c1=O. The van der Waals surface area contributed by atoms with E-state index >= 15 is 0 Å². The normalized spacial score (nSPS) is 25.2. The van der Waals surface area contributed by atoms with Crippen LogP contribution in [0.15, 0.2) is 46.1 Å². The van der Waals surface area contributed by atoms with E-state index in [1.807, 2.05) is 0 Å². The molecule has 0 saturated carbocycles. The summed E-state index contributed by atoms with van der Waals surface area (Å²) < 4.78 is 26.3. The predicted octanol–water partition coefficient (Wildman–Crippen LogP) is 0.298. The van der Waals surface area contributed by atoms with Gasteiger partial charge in [-0.2, -0.15) is 0 Å². The summed E-state index contributed by atoms with van der Waals surface area (Å²) in [6, 6.07) is 7.98. The number of nitrogens with zero attached hydrogens (tertiary/aromatic N) is 1. The van der Waals surface area contributed by atoms with Gasteiger partial charge in [0.25, 0.3) is 5.56 Å². The van der Waals surface area contributed by atoms with E-state index in [4.69, 9.17) is 9.47 Å². The Bertz CT molecular complexity index is 909. The Kier molecular flexibility index (Phi) is 5.01. The summed E-state index contributed by atoms with van der Waals surface area (Å²) in [5.41, 5.74) is -1.05. The number of hydrogen-bond donors (Lipinski definition) is 2. The van der Waals surface area contributed by atoms with E-state index in [1.165, 1.54) is 19.1 Å². The van der Waals surface area contributed by atoms with Gasteiger partial charge in [0.05, 0.1) is 12.2 Å². The van der Waals surface area contributed by atoms with Crippen molar-refractivity contribution in [2.75, 3.05) is 6.61 Å². The van der Waals surface area contributed by atoms with Crippen molar-refractivity contribution in [2.45, 2.75) is 31.5 Å². The number of hydrogen-bond acceptors (Lipinski definition) is 6. The van der Waals surface area contributed by atoms with Gasteiger partial charge in [-0.25, -0.2) is 14.0 Å². The highest BCUT2D eigenvalue weighted by molar-refractivity contribution is 5.89. The third-order valence-electron chi connectivity index (χ3n) is 4.12. The molecule has 4 atom stereocenters. The molecule has 1 aromatic heterocycles. The second-order valence-corrected chi connectivity index (χ2v) is 5.91. The average Bonchev–Trinajstić information content (AvgIpc) is 2.94. The van der Waals surface area contributed by atoms with E-state index in [9.17, 15) is 23.9 Å². The van der Waals surface area contributed by atoms with Crippen LogP contribution in [-0.4, -0.2) is 45.6 Å². The van der Waals surface area contributed by atoms with Gasteiger partial charge in [-0.15, -0.1) is 0 Å². The first-order chi connectivity index (χ1) is 12.4. The maximum atomic E-state index is 14.9. The van der Waals surface area contributed by atoms with E-state index in [2.05, 4.69) is 4.98 Å². The molecule has 1 fully saturated rings. The Morgan fingerprint density at radius 1 is 1.35 bits per heavy atom. The van der Waals surface area contributed by atoms with E-state index in [1.54, 1.807) is 18.2 Å². The number of carbonyl (C=O) groups excluding carboxylic acids is 1. The van der Waals surface area contributed by atoms with Crippen LogP contribution < -0.4 is 11.2 Å². The molecular formula is C17H17FN2O6. The second-order valence-electron chi connectivity index (χ2n) is 5.91. The van der Waals surface area contributed by atoms with Gasteiger partial charge in [0.1, 0.15) is 6.10 Å². The van der Waals surface area contributed by atoms with Gasteiger partial charge >= 0.3 is 11.7 Å². The summed E-state index contributed by atoms with van der Waals surface area (Å²) in [6.07, 6.45) is -4.75. The number of H-pyrrole nitrogens is 1. The summed E-state index contributed by atoms with van der Waals surface area (Å²) in [7, 11) is 0. The zero-order chi connectivity index (χ0) is 18.8. The first-order valence-corrected chi connectivity index (χ1v) is 7.91. The molecule has 1 aliphatic heterocycles. The molecule has 0 amide bonds. The number of nitrogens with one attached hydrogen (secondary N) is 1. The maximum Gasteiger partial charge on any atom is 0.338 e. The predicted molar refractivity (Wildman–Crippen MR) is 87.6 cm³/mol. The molecule has 8 nitrogen and oxygen atoms in total. The van der Waals surface area contributed by atoms with Gasteiger partial charge in [0.15, 0.2) is 18.5 Å². The molecule has 1 aromatic carbocycles. The van der Waals surface area contributed by atoms with E-state index in [0.717, 1.165) is 10.8 Å². The molecule has 1 saturated heterocycles. The van der Waals surface area contributed by atoms with Crippen molar-refractivity contribution >= 4 is 5.97 Å². The lowest BCUT2D eigenvalue weighted by molar-refractivity contribution is -0.0534. The van der Waals surface area contributed by atoms with Gasteiger partial charge < -0.3 is 14.6 Å². The van der Waals surface area contributed by atoms with Crippen LogP contribution in [0.2, 0.25) is 0 Å². The van der Waals surface area contributed by atoms with Crippen LogP contribution in [0.3, 0.4) is 0 Å². The Hall–Kier alpha value is -2.78. The summed E-state index contributed by atoms with van der Waals surface area (Å²) in [6.45, 7) is 0.841. The van der Waals surface area contributed by atoms with Crippen LogP contribution in [-0.2, 0) is 9.47 Å².